The van der Waals surface area contributed by atoms with Crippen LogP contribution in [0.4, 0.5) is 0 Å². The van der Waals surface area contributed by atoms with Gasteiger partial charge in [-0.3, -0.25) is 0 Å². The van der Waals surface area contributed by atoms with E-state index in [2.05, 4.69) is 41.5 Å². The second-order valence-corrected chi connectivity index (χ2v) is 8.80. The van der Waals surface area contributed by atoms with Gasteiger partial charge in [-0.25, -0.2) is 0 Å². The maximum Gasteiger partial charge on any atom is -0.0227 e. The minimum Gasteiger partial charge on any atom is -0.0741 e. The van der Waals surface area contributed by atoms with E-state index in [1.807, 2.05) is 5.57 Å². The van der Waals surface area contributed by atoms with Gasteiger partial charge in [-0.2, -0.15) is 0 Å². The average molecular weight is 277 g/mol. The molecule has 0 amide bonds. The first-order valence-electron chi connectivity index (χ1n) is 8.95. The highest BCUT2D eigenvalue weighted by Crippen LogP contribution is 2.63. The molecule has 0 heteroatoms. The van der Waals surface area contributed by atoms with Crippen molar-refractivity contribution in [3.05, 3.63) is 11.1 Å². The zero-order valence-corrected chi connectivity index (χ0v) is 14.9. The van der Waals surface area contributed by atoms with Crippen LogP contribution >= 0.6 is 0 Å². The second kappa shape index (κ2) is 5.50. The number of hydrogen-bond acceptors (Lipinski definition) is 0. The van der Waals surface area contributed by atoms with Gasteiger partial charge in [0.05, 0.1) is 0 Å². The summed E-state index contributed by atoms with van der Waals surface area (Å²) in [5.41, 5.74) is 5.17. The lowest BCUT2D eigenvalue weighted by Crippen LogP contribution is -2.37. The molecule has 2 aliphatic carbocycles. The fourth-order valence-electron chi connectivity index (χ4n) is 5.07. The van der Waals surface area contributed by atoms with Crippen molar-refractivity contribution in [2.24, 2.45) is 16.2 Å². The Labute approximate surface area is 127 Å². The van der Waals surface area contributed by atoms with Gasteiger partial charge in [0.25, 0.3) is 0 Å². The van der Waals surface area contributed by atoms with E-state index in [4.69, 9.17) is 0 Å². The standard InChI is InChI=1S/C20H36/c1-7-9-11-18(4)12-10-16(3)17-13-19(5,8-2)20(6,14-17)15-18/h7-15H2,1-6H3/b17-16+. The fourth-order valence-corrected chi connectivity index (χ4v) is 5.07. The van der Waals surface area contributed by atoms with Crippen molar-refractivity contribution < 1.29 is 0 Å². The van der Waals surface area contributed by atoms with Crippen LogP contribution in [0.1, 0.15) is 99.3 Å². The summed E-state index contributed by atoms with van der Waals surface area (Å²) < 4.78 is 0. The van der Waals surface area contributed by atoms with Gasteiger partial charge in [-0.05, 0) is 68.1 Å². The molecule has 0 radical (unpaired) electrons. The third-order valence-electron chi connectivity index (χ3n) is 7.10. The highest BCUT2D eigenvalue weighted by atomic mass is 14.6. The average Bonchev–Trinajstić information content (AvgIpc) is 2.66. The lowest BCUT2D eigenvalue weighted by Gasteiger charge is -2.47. The molecule has 2 rings (SSSR count). The van der Waals surface area contributed by atoms with Crippen LogP contribution in [-0.2, 0) is 0 Å². The molecule has 0 N–H and O–H groups in total. The van der Waals surface area contributed by atoms with E-state index in [1.54, 1.807) is 5.57 Å². The summed E-state index contributed by atoms with van der Waals surface area (Å²) >= 11 is 0. The molecule has 0 aromatic heterocycles. The number of unbranched alkanes of at least 4 members (excludes halogenated alkanes) is 1. The van der Waals surface area contributed by atoms with E-state index in [1.165, 1.54) is 57.8 Å². The molecule has 1 fully saturated rings. The van der Waals surface area contributed by atoms with Gasteiger partial charge in [0.1, 0.15) is 0 Å². The first-order valence-corrected chi connectivity index (χ1v) is 8.95. The lowest BCUT2D eigenvalue weighted by atomic mass is 9.58. The van der Waals surface area contributed by atoms with Crippen LogP contribution in [0.3, 0.4) is 0 Å². The molecule has 0 nitrogen and oxygen atoms in total. The molecule has 0 spiro atoms. The molecule has 20 heavy (non-hydrogen) atoms. The van der Waals surface area contributed by atoms with Crippen LogP contribution in [0.2, 0.25) is 0 Å². The normalized spacial score (nSPS) is 45.3. The Kier molecular flexibility index (Phi) is 4.43. The maximum absolute atomic E-state index is 2.60. The molecule has 0 aromatic carbocycles. The van der Waals surface area contributed by atoms with Crippen LogP contribution < -0.4 is 0 Å². The van der Waals surface area contributed by atoms with Crippen LogP contribution in [0.15, 0.2) is 11.1 Å². The van der Waals surface area contributed by atoms with E-state index in [0.29, 0.717) is 16.2 Å². The summed E-state index contributed by atoms with van der Waals surface area (Å²) in [5.74, 6) is 0. The van der Waals surface area contributed by atoms with E-state index in [0.717, 1.165) is 0 Å². The van der Waals surface area contributed by atoms with Gasteiger partial charge >= 0.3 is 0 Å². The first-order chi connectivity index (χ1) is 9.27. The third kappa shape index (κ3) is 2.72. The smallest absolute Gasteiger partial charge is 0.0227 e. The fraction of sp³-hybridized carbons (Fsp3) is 0.900. The Morgan fingerprint density at radius 1 is 1.05 bits per heavy atom. The Morgan fingerprint density at radius 2 is 1.75 bits per heavy atom. The molecule has 0 aromatic rings. The summed E-state index contributed by atoms with van der Waals surface area (Å²) in [6.45, 7) is 14.9. The van der Waals surface area contributed by atoms with E-state index in [9.17, 15) is 0 Å². The van der Waals surface area contributed by atoms with Crippen LogP contribution in [0.25, 0.3) is 0 Å². The van der Waals surface area contributed by atoms with Crippen LogP contribution in [-0.4, -0.2) is 0 Å². The van der Waals surface area contributed by atoms with Gasteiger partial charge in [0.15, 0.2) is 0 Å². The molecular weight excluding hydrogens is 240 g/mol. The SMILES string of the molecule is CCCCC1(C)CC/C(C)=C2\CC(C)(CC)C(C)(C2)C1. The van der Waals surface area contributed by atoms with Gasteiger partial charge in [-0.15, -0.1) is 0 Å². The predicted octanol–water partition coefficient (Wildman–Crippen LogP) is 6.90. The van der Waals surface area contributed by atoms with E-state index in [-0.39, 0.29) is 0 Å². The van der Waals surface area contributed by atoms with Crippen molar-refractivity contribution in [2.75, 3.05) is 0 Å². The molecule has 1 saturated carbocycles. The number of hydrogen-bond donors (Lipinski definition) is 0. The Morgan fingerprint density at radius 3 is 2.35 bits per heavy atom. The zero-order chi connectivity index (χ0) is 15.0. The number of allylic oxidation sites excluding steroid dienone is 2. The molecule has 3 atom stereocenters. The lowest BCUT2D eigenvalue weighted by molar-refractivity contribution is 0.0339. The molecule has 3 unspecified atom stereocenters. The van der Waals surface area contributed by atoms with Gasteiger partial charge in [-0.1, -0.05) is 58.6 Å². The molecule has 2 aliphatic rings. The molecule has 0 heterocycles. The van der Waals surface area contributed by atoms with Gasteiger partial charge in [0, 0.05) is 0 Å². The topological polar surface area (TPSA) is 0 Å². The molecule has 0 saturated heterocycles. The van der Waals surface area contributed by atoms with E-state index < -0.39 is 0 Å². The Bertz CT molecular complexity index is 391. The number of rotatable bonds is 4. The quantitative estimate of drug-likeness (QED) is 0.490. The molecule has 0 aliphatic heterocycles. The first kappa shape index (κ1) is 16.1. The Hall–Kier alpha value is -0.260. The van der Waals surface area contributed by atoms with Crippen molar-refractivity contribution in [3.8, 4) is 0 Å². The highest BCUT2D eigenvalue weighted by molar-refractivity contribution is 5.25. The zero-order valence-electron chi connectivity index (χ0n) is 14.9. The summed E-state index contributed by atoms with van der Waals surface area (Å²) in [6, 6.07) is 0. The minimum absolute atomic E-state index is 0.529. The summed E-state index contributed by atoms with van der Waals surface area (Å²) in [6.07, 6.45) is 12.5. The second-order valence-electron chi connectivity index (χ2n) is 8.80. The van der Waals surface area contributed by atoms with Crippen molar-refractivity contribution in [1.29, 1.82) is 0 Å². The molecule has 2 bridgehead atoms. The summed E-state index contributed by atoms with van der Waals surface area (Å²) in [4.78, 5) is 0. The maximum atomic E-state index is 2.60. The third-order valence-corrected chi connectivity index (χ3v) is 7.10. The molecular formula is C20H36. The minimum atomic E-state index is 0.529. The van der Waals surface area contributed by atoms with Crippen LogP contribution in [0, 0.1) is 16.2 Å². The monoisotopic (exact) mass is 276 g/mol. The summed E-state index contributed by atoms with van der Waals surface area (Å²) in [7, 11) is 0. The van der Waals surface area contributed by atoms with Crippen molar-refractivity contribution in [1.82, 2.24) is 0 Å². The van der Waals surface area contributed by atoms with Crippen molar-refractivity contribution in [2.45, 2.75) is 99.3 Å². The van der Waals surface area contributed by atoms with Gasteiger partial charge in [0.2, 0.25) is 0 Å². The largest absolute Gasteiger partial charge is 0.0741 e. The predicted molar refractivity (Wildman–Crippen MR) is 89.9 cm³/mol. The number of fused-ring (bicyclic) bond motifs is 2. The summed E-state index contributed by atoms with van der Waals surface area (Å²) in [5, 5.41) is 0. The van der Waals surface area contributed by atoms with Gasteiger partial charge < -0.3 is 0 Å². The van der Waals surface area contributed by atoms with Crippen LogP contribution in [0.5, 0.6) is 0 Å². The van der Waals surface area contributed by atoms with E-state index >= 15 is 0 Å². The molecule has 116 valence electrons. The Balaban J connectivity index is 2.34. The highest BCUT2D eigenvalue weighted by Gasteiger charge is 2.52. The van der Waals surface area contributed by atoms with Crippen molar-refractivity contribution >= 4 is 0 Å². The van der Waals surface area contributed by atoms with Crippen molar-refractivity contribution in [3.63, 3.8) is 0 Å².